The Hall–Kier alpha value is -2.76. The highest BCUT2D eigenvalue weighted by molar-refractivity contribution is 6.08. The Labute approximate surface area is 158 Å². The van der Waals surface area contributed by atoms with Crippen molar-refractivity contribution in [3.05, 3.63) is 47.0 Å². The first-order chi connectivity index (χ1) is 12.8. The zero-order valence-corrected chi connectivity index (χ0v) is 15.7. The number of hydrogen-bond donors (Lipinski definition) is 0. The van der Waals surface area contributed by atoms with Gasteiger partial charge in [-0.2, -0.15) is 0 Å². The Balaban J connectivity index is 1.64. The summed E-state index contributed by atoms with van der Waals surface area (Å²) >= 11 is 0. The number of Topliss-reactive ketones (excluding diaryl/α,β-unsaturated/α-hetero) is 1. The second kappa shape index (κ2) is 7.47. The monoisotopic (exact) mass is 369 g/mol. The lowest BCUT2D eigenvalue weighted by atomic mass is 9.85. The Morgan fingerprint density at radius 1 is 1.11 bits per heavy atom. The van der Waals surface area contributed by atoms with Crippen molar-refractivity contribution >= 4 is 23.6 Å². The molecule has 0 N–H and O–H groups in total. The first-order valence-corrected chi connectivity index (χ1v) is 9.10. The molecule has 1 aliphatic heterocycles. The molecule has 0 saturated carbocycles. The quantitative estimate of drug-likeness (QED) is 0.344. The fourth-order valence-electron chi connectivity index (χ4n) is 3.68. The standard InChI is InChI=1S/C21H23NO5/c1-12-8-9-13(2)17(10-12)18(23)11-27-21(26)14(3)22-19(24)15-6-4-5-7-16(15)20(22)25/h4-5,8-10,14-16H,6-7,11H2,1-3H3/t14-,15+,16+/m0/s1. The van der Waals surface area contributed by atoms with Gasteiger partial charge in [-0.25, -0.2) is 4.79 Å². The molecule has 1 fully saturated rings. The molecular weight excluding hydrogens is 346 g/mol. The molecule has 27 heavy (non-hydrogen) atoms. The van der Waals surface area contributed by atoms with Crippen LogP contribution in [-0.4, -0.2) is 41.1 Å². The first-order valence-electron chi connectivity index (χ1n) is 9.10. The van der Waals surface area contributed by atoms with Crippen LogP contribution in [0.25, 0.3) is 0 Å². The molecule has 0 bridgehead atoms. The lowest BCUT2D eigenvalue weighted by Crippen LogP contribution is -2.44. The highest BCUT2D eigenvalue weighted by Gasteiger charge is 2.50. The van der Waals surface area contributed by atoms with Crippen LogP contribution >= 0.6 is 0 Å². The van der Waals surface area contributed by atoms with E-state index in [0.717, 1.165) is 16.0 Å². The van der Waals surface area contributed by atoms with Crippen LogP contribution in [0.2, 0.25) is 0 Å². The molecule has 1 aliphatic carbocycles. The molecular formula is C21H23NO5. The van der Waals surface area contributed by atoms with Crippen LogP contribution in [0.3, 0.4) is 0 Å². The summed E-state index contributed by atoms with van der Waals surface area (Å²) in [6, 6.07) is 4.45. The van der Waals surface area contributed by atoms with Crippen molar-refractivity contribution in [1.29, 1.82) is 0 Å². The van der Waals surface area contributed by atoms with Gasteiger partial charge in [-0.15, -0.1) is 0 Å². The summed E-state index contributed by atoms with van der Waals surface area (Å²) in [7, 11) is 0. The number of carbonyl (C=O) groups is 4. The highest BCUT2D eigenvalue weighted by Crippen LogP contribution is 2.36. The number of esters is 1. The van der Waals surface area contributed by atoms with Crippen LogP contribution in [0.1, 0.15) is 41.3 Å². The summed E-state index contributed by atoms with van der Waals surface area (Å²) < 4.78 is 5.13. The van der Waals surface area contributed by atoms with E-state index in [2.05, 4.69) is 0 Å². The second-order valence-electron chi connectivity index (χ2n) is 7.23. The molecule has 3 atom stereocenters. The SMILES string of the molecule is Cc1ccc(C)c(C(=O)COC(=O)[C@H](C)N2C(=O)[C@@H]3CC=CC[C@H]3C2=O)c1. The molecule has 2 amide bonds. The number of rotatable bonds is 5. The van der Waals surface area contributed by atoms with Gasteiger partial charge in [0.2, 0.25) is 17.6 Å². The number of hydrogen-bond acceptors (Lipinski definition) is 5. The van der Waals surface area contributed by atoms with Crippen molar-refractivity contribution in [2.24, 2.45) is 11.8 Å². The number of fused-ring (bicyclic) bond motifs is 1. The van der Waals surface area contributed by atoms with E-state index in [0.29, 0.717) is 18.4 Å². The number of amides is 2. The van der Waals surface area contributed by atoms with E-state index < -0.39 is 30.5 Å². The third-order valence-electron chi connectivity index (χ3n) is 5.31. The van der Waals surface area contributed by atoms with Crippen LogP contribution in [0.5, 0.6) is 0 Å². The molecule has 0 radical (unpaired) electrons. The lowest BCUT2D eigenvalue weighted by Gasteiger charge is -2.21. The molecule has 1 aromatic carbocycles. The van der Waals surface area contributed by atoms with Crippen LogP contribution in [0.4, 0.5) is 0 Å². The minimum atomic E-state index is -1.04. The third-order valence-corrected chi connectivity index (χ3v) is 5.31. The van der Waals surface area contributed by atoms with Gasteiger partial charge in [-0.05, 0) is 45.2 Å². The maximum Gasteiger partial charge on any atom is 0.329 e. The number of aryl methyl sites for hydroxylation is 2. The predicted octanol–water partition coefficient (Wildman–Crippen LogP) is 2.37. The first kappa shape index (κ1) is 19.0. The summed E-state index contributed by atoms with van der Waals surface area (Å²) in [4.78, 5) is 50.8. The van der Waals surface area contributed by atoms with E-state index in [1.54, 1.807) is 6.07 Å². The van der Waals surface area contributed by atoms with Crippen molar-refractivity contribution < 1.29 is 23.9 Å². The van der Waals surface area contributed by atoms with Gasteiger partial charge < -0.3 is 4.74 Å². The fourth-order valence-corrected chi connectivity index (χ4v) is 3.68. The minimum absolute atomic E-state index is 0.311. The maximum absolute atomic E-state index is 12.5. The number of likely N-dealkylation sites (tertiary alicyclic amines) is 1. The molecule has 6 nitrogen and oxygen atoms in total. The van der Waals surface area contributed by atoms with E-state index in [4.69, 9.17) is 4.74 Å². The fraction of sp³-hybridized carbons (Fsp3) is 0.429. The molecule has 0 spiro atoms. The van der Waals surface area contributed by atoms with Crippen LogP contribution in [-0.2, 0) is 19.1 Å². The Morgan fingerprint density at radius 3 is 2.30 bits per heavy atom. The molecule has 142 valence electrons. The maximum atomic E-state index is 12.5. The van der Waals surface area contributed by atoms with E-state index in [9.17, 15) is 19.2 Å². The number of ether oxygens (including phenoxy) is 1. The molecule has 1 saturated heterocycles. The van der Waals surface area contributed by atoms with Gasteiger partial charge in [-0.3, -0.25) is 19.3 Å². The Kier molecular flexibility index (Phi) is 5.26. The number of carbonyl (C=O) groups excluding carboxylic acids is 4. The summed E-state index contributed by atoms with van der Waals surface area (Å²) in [6.07, 6.45) is 4.81. The van der Waals surface area contributed by atoms with E-state index in [-0.39, 0.29) is 17.6 Å². The normalized spacial score (nSPS) is 22.6. The van der Waals surface area contributed by atoms with Crippen molar-refractivity contribution in [2.45, 2.75) is 39.7 Å². The van der Waals surface area contributed by atoms with Gasteiger partial charge in [-0.1, -0.05) is 29.8 Å². The summed E-state index contributed by atoms with van der Waals surface area (Å²) in [5, 5.41) is 0. The molecule has 0 unspecified atom stereocenters. The minimum Gasteiger partial charge on any atom is -0.456 e. The number of imide groups is 1. The number of nitrogens with zero attached hydrogens (tertiary/aromatic N) is 1. The van der Waals surface area contributed by atoms with Crippen molar-refractivity contribution in [3.63, 3.8) is 0 Å². The van der Waals surface area contributed by atoms with Crippen molar-refractivity contribution in [3.8, 4) is 0 Å². The molecule has 0 aromatic heterocycles. The predicted molar refractivity (Wildman–Crippen MR) is 97.9 cm³/mol. The summed E-state index contributed by atoms with van der Waals surface area (Å²) in [6.45, 7) is 4.74. The Morgan fingerprint density at radius 2 is 1.70 bits per heavy atom. The largest absolute Gasteiger partial charge is 0.456 e. The molecule has 6 heteroatoms. The number of ketones is 1. The van der Waals surface area contributed by atoms with Gasteiger partial charge in [0.15, 0.2) is 6.61 Å². The average molecular weight is 369 g/mol. The lowest BCUT2D eigenvalue weighted by molar-refractivity contribution is -0.157. The average Bonchev–Trinajstić information content (AvgIpc) is 2.92. The summed E-state index contributed by atoms with van der Waals surface area (Å²) in [5.41, 5.74) is 2.24. The van der Waals surface area contributed by atoms with Gasteiger partial charge in [0.25, 0.3) is 0 Å². The van der Waals surface area contributed by atoms with Crippen LogP contribution in [0.15, 0.2) is 30.4 Å². The van der Waals surface area contributed by atoms with E-state index in [1.807, 2.05) is 38.1 Å². The van der Waals surface area contributed by atoms with Crippen LogP contribution in [0, 0.1) is 25.7 Å². The molecule has 1 aromatic rings. The second-order valence-corrected chi connectivity index (χ2v) is 7.23. The van der Waals surface area contributed by atoms with E-state index in [1.165, 1.54) is 6.92 Å². The Bertz CT molecular complexity index is 815. The molecule has 1 heterocycles. The topological polar surface area (TPSA) is 80.8 Å². The molecule has 2 aliphatic rings. The zero-order valence-electron chi connectivity index (χ0n) is 15.7. The highest BCUT2D eigenvalue weighted by atomic mass is 16.5. The number of allylic oxidation sites excluding steroid dienone is 2. The van der Waals surface area contributed by atoms with Crippen molar-refractivity contribution in [1.82, 2.24) is 4.90 Å². The van der Waals surface area contributed by atoms with Gasteiger partial charge >= 0.3 is 5.97 Å². The third kappa shape index (κ3) is 3.56. The zero-order chi connectivity index (χ0) is 19.7. The van der Waals surface area contributed by atoms with Gasteiger partial charge in [0.1, 0.15) is 6.04 Å². The van der Waals surface area contributed by atoms with Gasteiger partial charge in [0.05, 0.1) is 11.8 Å². The van der Waals surface area contributed by atoms with E-state index >= 15 is 0 Å². The summed E-state index contributed by atoms with van der Waals surface area (Å²) in [5.74, 6) is -2.52. The van der Waals surface area contributed by atoms with Crippen LogP contribution < -0.4 is 0 Å². The van der Waals surface area contributed by atoms with Crippen molar-refractivity contribution in [2.75, 3.05) is 6.61 Å². The van der Waals surface area contributed by atoms with Gasteiger partial charge in [0, 0.05) is 5.56 Å². The molecule has 3 rings (SSSR count). The number of benzene rings is 1. The smallest absolute Gasteiger partial charge is 0.329 e.